The van der Waals surface area contributed by atoms with Crippen LogP contribution in [0.1, 0.15) is 10.4 Å². The summed E-state index contributed by atoms with van der Waals surface area (Å²) in [5.74, 6) is -1.74. The molecule has 1 amide bonds. The van der Waals surface area contributed by atoms with Crippen LogP contribution in [0.25, 0.3) is 0 Å². The smallest absolute Gasteiger partial charge is 0.256 e. The van der Waals surface area contributed by atoms with Crippen LogP contribution in [0.2, 0.25) is 5.02 Å². The molecule has 0 saturated heterocycles. The molecular formula is C13H7BrClF2NO. The van der Waals surface area contributed by atoms with Crippen molar-refractivity contribution in [2.24, 2.45) is 0 Å². The maximum absolute atomic E-state index is 13.3. The van der Waals surface area contributed by atoms with Gasteiger partial charge in [0.1, 0.15) is 11.6 Å². The number of anilines is 1. The fraction of sp³-hybridized carbons (Fsp3) is 0. The molecule has 2 aromatic rings. The predicted molar refractivity (Wildman–Crippen MR) is 73.5 cm³/mol. The number of carbonyl (C=O) groups is 1. The second-order valence-electron chi connectivity index (χ2n) is 3.68. The molecule has 1 N–H and O–H groups in total. The summed E-state index contributed by atoms with van der Waals surface area (Å²) in [6.45, 7) is 0. The highest BCUT2D eigenvalue weighted by atomic mass is 79.9. The minimum atomic E-state index is -0.641. The molecule has 0 unspecified atom stereocenters. The fourth-order valence-corrected chi connectivity index (χ4v) is 2.01. The third-order valence-electron chi connectivity index (χ3n) is 2.37. The van der Waals surface area contributed by atoms with Crippen LogP contribution in [0.3, 0.4) is 0 Å². The molecule has 0 aliphatic heterocycles. The van der Waals surface area contributed by atoms with E-state index in [1.165, 1.54) is 30.3 Å². The topological polar surface area (TPSA) is 29.1 Å². The number of carbonyl (C=O) groups excluding carboxylic acids is 1. The SMILES string of the molecule is O=C(Nc1ccc(Cl)c(F)c1)c1cccc(F)c1Br. The molecule has 19 heavy (non-hydrogen) atoms. The van der Waals surface area contributed by atoms with E-state index in [4.69, 9.17) is 11.6 Å². The van der Waals surface area contributed by atoms with Gasteiger partial charge in [-0.05, 0) is 46.3 Å². The quantitative estimate of drug-likeness (QED) is 0.844. The van der Waals surface area contributed by atoms with Crippen molar-refractivity contribution in [3.63, 3.8) is 0 Å². The van der Waals surface area contributed by atoms with Gasteiger partial charge in [0.15, 0.2) is 0 Å². The Morgan fingerprint density at radius 3 is 2.58 bits per heavy atom. The Morgan fingerprint density at radius 2 is 1.89 bits per heavy atom. The zero-order chi connectivity index (χ0) is 14.0. The Labute approximate surface area is 121 Å². The second kappa shape index (κ2) is 5.67. The van der Waals surface area contributed by atoms with Gasteiger partial charge in [-0.1, -0.05) is 17.7 Å². The van der Waals surface area contributed by atoms with Gasteiger partial charge in [-0.15, -0.1) is 0 Å². The van der Waals surface area contributed by atoms with E-state index in [9.17, 15) is 13.6 Å². The lowest BCUT2D eigenvalue weighted by atomic mass is 10.2. The molecule has 98 valence electrons. The number of benzene rings is 2. The first-order chi connectivity index (χ1) is 8.99. The molecular weight excluding hydrogens is 340 g/mol. The molecule has 0 fully saturated rings. The van der Waals surface area contributed by atoms with Gasteiger partial charge in [-0.2, -0.15) is 0 Å². The Bertz CT molecular complexity index is 649. The minimum Gasteiger partial charge on any atom is -0.322 e. The first kappa shape index (κ1) is 14.0. The van der Waals surface area contributed by atoms with E-state index < -0.39 is 17.5 Å². The third kappa shape index (κ3) is 3.11. The van der Waals surface area contributed by atoms with Crippen LogP contribution in [0.4, 0.5) is 14.5 Å². The highest BCUT2D eigenvalue weighted by molar-refractivity contribution is 9.10. The van der Waals surface area contributed by atoms with Crippen molar-refractivity contribution < 1.29 is 13.6 Å². The lowest BCUT2D eigenvalue weighted by Crippen LogP contribution is -2.13. The van der Waals surface area contributed by atoms with E-state index >= 15 is 0 Å². The maximum Gasteiger partial charge on any atom is 0.256 e. The van der Waals surface area contributed by atoms with Crippen molar-refractivity contribution in [3.8, 4) is 0 Å². The summed E-state index contributed by atoms with van der Waals surface area (Å²) < 4.78 is 26.6. The van der Waals surface area contributed by atoms with Crippen LogP contribution in [-0.4, -0.2) is 5.91 Å². The van der Waals surface area contributed by atoms with Crippen LogP contribution in [-0.2, 0) is 0 Å². The van der Waals surface area contributed by atoms with Gasteiger partial charge < -0.3 is 5.32 Å². The predicted octanol–water partition coefficient (Wildman–Crippen LogP) is 4.63. The molecule has 2 nitrogen and oxygen atoms in total. The van der Waals surface area contributed by atoms with E-state index in [2.05, 4.69) is 21.2 Å². The Morgan fingerprint density at radius 1 is 1.16 bits per heavy atom. The van der Waals surface area contributed by atoms with E-state index in [0.717, 1.165) is 6.07 Å². The summed E-state index contributed by atoms with van der Waals surface area (Å²) in [6, 6.07) is 7.96. The van der Waals surface area contributed by atoms with E-state index in [1.807, 2.05) is 0 Å². The molecule has 0 heterocycles. The Hall–Kier alpha value is -1.46. The highest BCUT2D eigenvalue weighted by Crippen LogP contribution is 2.23. The molecule has 0 saturated carbocycles. The summed E-state index contributed by atoms with van der Waals surface area (Å²) in [6.07, 6.45) is 0. The van der Waals surface area contributed by atoms with E-state index in [-0.39, 0.29) is 20.7 Å². The normalized spacial score (nSPS) is 10.3. The molecule has 0 aliphatic carbocycles. The zero-order valence-electron chi connectivity index (χ0n) is 9.38. The molecule has 2 rings (SSSR count). The largest absolute Gasteiger partial charge is 0.322 e. The van der Waals surface area contributed by atoms with Crippen molar-refractivity contribution >= 4 is 39.1 Å². The molecule has 2 aromatic carbocycles. The highest BCUT2D eigenvalue weighted by Gasteiger charge is 2.13. The van der Waals surface area contributed by atoms with Gasteiger partial charge in [0, 0.05) is 5.69 Å². The number of hydrogen-bond acceptors (Lipinski definition) is 1. The summed E-state index contributed by atoms with van der Waals surface area (Å²) >= 11 is 8.52. The number of amides is 1. The van der Waals surface area contributed by atoms with Crippen LogP contribution >= 0.6 is 27.5 Å². The van der Waals surface area contributed by atoms with E-state index in [0.29, 0.717) is 0 Å². The average molecular weight is 347 g/mol. The average Bonchev–Trinajstić information content (AvgIpc) is 2.37. The summed E-state index contributed by atoms with van der Waals surface area (Å²) in [7, 11) is 0. The van der Waals surface area contributed by atoms with Crippen molar-refractivity contribution in [1.82, 2.24) is 0 Å². The molecule has 0 radical (unpaired) electrons. The molecule has 0 spiro atoms. The number of hydrogen-bond donors (Lipinski definition) is 1. The maximum atomic E-state index is 13.3. The van der Waals surface area contributed by atoms with Crippen molar-refractivity contribution in [1.29, 1.82) is 0 Å². The molecule has 6 heteroatoms. The van der Waals surface area contributed by atoms with E-state index in [1.54, 1.807) is 0 Å². The summed E-state index contributed by atoms with van der Waals surface area (Å²) in [5.41, 5.74) is 0.360. The van der Waals surface area contributed by atoms with Crippen molar-refractivity contribution in [3.05, 3.63) is 63.1 Å². The summed E-state index contributed by atoms with van der Waals surface area (Å²) in [4.78, 5) is 11.9. The number of nitrogens with one attached hydrogen (secondary N) is 1. The molecule has 0 atom stereocenters. The van der Waals surface area contributed by atoms with Gasteiger partial charge in [0.25, 0.3) is 5.91 Å². The first-order valence-corrected chi connectivity index (χ1v) is 6.36. The third-order valence-corrected chi connectivity index (χ3v) is 3.49. The minimum absolute atomic E-state index is 0.0371. The molecule has 0 aromatic heterocycles. The zero-order valence-corrected chi connectivity index (χ0v) is 11.7. The Balaban J connectivity index is 2.26. The summed E-state index contributed by atoms with van der Waals surface area (Å²) in [5, 5.41) is 2.42. The van der Waals surface area contributed by atoms with Crippen molar-refractivity contribution in [2.75, 3.05) is 5.32 Å². The van der Waals surface area contributed by atoms with Gasteiger partial charge in [0.2, 0.25) is 0 Å². The van der Waals surface area contributed by atoms with Crippen LogP contribution in [0, 0.1) is 11.6 Å². The molecule has 0 bridgehead atoms. The van der Waals surface area contributed by atoms with Gasteiger partial charge in [-0.3, -0.25) is 4.79 Å². The van der Waals surface area contributed by atoms with Crippen LogP contribution in [0.15, 0.2) is 40.9 Å². The standard InChI is InChI=1S/C13H7BrClF2NO/c14-12-8(2-1-3-10(12)16)13(19)18-7-4-5-9(15)11(17)6-7/h1-6H,(H,18,19). The Kier molecular flexibility index (Phi) is 4.17. The first-order valence-electron chi connectivity index (χ1n) is 5.19. The fourth-order valence-electron chi connectivity index (χ4n) is 1.45. The monoisotopic (exact) mass is 345 g/mol. The second-order valence-corrected chi connectivity index (χ2v) is 4.88. The van der Waals surface area contributed by atoms with Crippen LogP contribution in [0.5, 0.6) is 0 Å². The van der Waals surface area contributed by atoms with Gasteiger partial charge >= 0.3 is 0 Å². The van der Waals surface area contributed by atoms with Gasteiger partial charge in [0.05, 0.1) is 15.1 Å². The van der Waals surface area contributed by atoms with Crippen LogP contribution < -0.4 is 5.32 Å². The molecule has 0 aliphatic rings. The van der Waals surface area contributed by atoms with Gasteiger partial charge in [-0.25, -0.2) is 8.78 Å². The number of rotatable bonds is 2. The van der Waals surface area contributed by atoms with Crippen molar-refractivity contribution in [2.45, 2.75) is 0 Å². The number of halogens is 4. The lowest BCUT2D eigenvalue weighted by molar-refractivity contribution is 0.102. The lowest BCUT2D eigenvalue weighted by Gasteiger charge is -2.07.